The van der Waals surface area contributed by atoms with E-state index >= 15 is 0 Å². The number of aromatic nitrogens is 1. The van der Waals surface area contributed by atoms with Gasteiger partial charge >= 0.3 is 0 Å². The van der Waals surface area contributed by atoms with Gasteiger partial charge < -0.3 is 15.7 Å². The van der Waals surface area contributed by atoms with Gasteiger partial charge in [-0.05, 0) is 27.8 Å². The van der Waals surface area contributed by atoms with Gasteiger partial charge in [0.2, 0.25) is 0 Å². The number of pyridine rings is 1. The molecule has 0 fully saturated rings. The van der Waals surface area contributed by atoms with Crippen molar-refractivity contribution in [3.63, 3.8) is 0 Å². The van der Waals surface area contributed by atoms with Gasteiger partial charge in [0.05, 0.1) is 18.8 Å². The Bertz CT molecular complexity index is 474. The van der Waals surface area contributed by atoms with Crippen LogP contribution in [0.25, 0.3) is 0 Å². The van der Waals surface area contributed by atoms with Crippen LogP contribution in [0.5, 0.6) is 5.75 Å². The van der Waals surface area contributed by atoms with Crippen LogP contribution in [-0.4, -0.2) is 41.1 Å². The third-order valence-electron chi connectivity index (χ3n) is 3.35. The molecular weight excluding hydrogens is 244 g/mol. The number of hydrogen-bond donors (Lipinski definition) is 2. The smallest absolute Gasteiger partial charge is 0.156 e. The minimum Gasteiger partial charge on any atom is -0.496 e. The van der Waals surface area contributed by atoms with Gasteiger partial charge in [0.25, 0.3) is 0 Å². The van der Waals surface area contributed by atoms with Crippen molar-refractivity contribution < 1.29 is 9.94 Å². The summed E-state index contributed by atoms with van der Waals surface area (Å²) in [7, 11) is 3.55. The fraction of sp³-hybridized carbons (Fsp3) is 0.538. The Labute approximate surface area is 113 Å². The lowest BCUT2D eigenvalue weighted by Crippen LogP contribution is -2.40. The zero-order valence-electron chi connectivity index (χ0n) is 12.1. The summed E-state index contributed by atoms with van der Waals surface area (Å²) < 4.78 is 5.38. The second-order valence-electron chi connectivity index (χ2n) is 4.66. The highest BCUT2D eigenvalue weighted by Gasteiger charge is 2.17. The average molecular weight is 266 g/mol. The number of ether oxygens (including phenoxy) is 1. The maximum atomic E-state index is 8.69. The van der Waals surface area contributed by atoms with Gasteiger partial charge in [-0.3, -0.25) is 9.88 Å². The number of nitrogens with zero attached hydrogens (tertiary/aromatic N) is 3. The summed E-state index contributed by atoms with van der Waals surface area (Å²) in [6, 6.07) is -0.168. The highest BCUT2D eigenvalue weighted by molar-refractivity contribution is 5.84. The number of nitrogens with two attached hydrogens (primary N) is 1. The predicted octanol–water partition coefficient (Wildman–Crippen LogP) is 1.27. The van der Waals surface area contributed by atoms with Crippen LogP contribution < -0.4 is 10.5 Å². The van der Waals surface area contributed by atoms with Crippen LogP contribution in [0.2, 0.25) is 0 Å². The summed E-state index contributed by atoms with van der Waals surface area (Å²) in [6.45, 7) is 6.41. The first kappa shape index (κ1) is 15.2. The summed E-state index contributed by atoms with van der Waals surface area (Å²) >= 11 is 0. The van der Waals surface area contributed by atoms with Gasteiger partial charge in [0.1, 0.15) is 5.75 Å². The molecule has 0 saturated heterocycles. The molecule has 0 saturated carbocycles. The van der Waals surface area contributed by atoms with Crippen molar-refractivity contribution in [3.8, 4) is 5.75 Å². The topological polar surface area (TPSA) is 84.0 Å². The molecule has 0 aromatic carbocycles. The minimum absolute atomic E-state index is 0.168. The number of hydrogen-bond acceptors (Lipinski definition) is 5. The van der Waals surface area contributed by atoms with Crippen LogP contribution in [0.3, 0.4) is 0 Å². The van der Waals surface area contributed by atoms with E-state index in [4.69, 9.17) is 15.7 Å². The van der Waals surface area contributed by atoms with E-state index in [1.54, 1.807) is 13.3 Å². The van der Waals surface area contributed by atoms with Gasteiger partial charge in [-0.1, -0.05) is 5.16 Å². The van der Waals surface area contributed by atoms with E-state index in [0.29, 0.717) is 6.54 Å². The van der Waals surface area contributed by atoms with Crippen molar-refractivity contribution in [1.82, 2.24) is 9.88 Å². The molecule has 0 aliphatic rings. The predicted molar refractivity (Wildman–Crippen MR) is 74.6 cm³/mol. The highest BCUT2D eigenvalue weighted by Crippen LogP contribution is 2.24. The molecule has 1 aromatic rings. The van der Waals surface area contributed by atoms with Gasteiger partial charge in [-0.15, -0.1) is 0 Å². The first-order valence-electron chi connectivity index (χ1n) is 6.09. The van der Waals surface area contributed by atoms with E-state index in [2.05, 4.69) is 10.1 Å². The van der Waals surface area contributed by atoms with Crippen molar-refractivity contribution in [1.29, 1.82) is 0 Å². The molecular formula is C13H22N4O2. The van der Waals surface area contributed by atoms with Gasteiger partial charge in [-0.2, -0.15) is 0 Å². The minimum atomic E-state index is -0.168. The molecule has 0 radical (unpaired) electrons. The molecule has 106 valence electrons. The standard InChI is InChI=1S/C13H22N4O2/c1-8-6-15-11(9(2)12(8)19-5)7-17(4)10(3)13(14)16-18/h6,10,18H,7H2,1-5H3,(H2,14,16). The first-order valence-corrected chi connectivity index (χ1v) is 6.09. The van der Waals surface area contributed by atoms with Crippen LogP contribution in [-0.2, 0) is 6.54 Å². The van der Waals surface area contributed by atoms with Crippen molar-refractivity contribution >= 4 is 5.84 Å². The molecule has 0 spiro atoms. The number of aryl methyl sites for hydroxylation is 1. The van der Waals surface area contributed by atoms with E-state index in [0.717, 1.165) is 22.6 Å². The van der Waals surface area contributed by atoms with Gasteiger partial charge in [0.15, 0.2) is 5.84 Å². The SMILES string of the molecule is COc1c(C)cnc(CN(C)C(C)C(N)=NO)c1C. The molecule has 0 amide bonds. The van der Waals surface area contributed by atoms with E-state index in [1.165, 1.54) is 0 Å². The quantitative estimate of drug-likeness (QED) is 0.363. The maximum absolute atomic E-state index is 8.69. The van der Waals surface area contributed by atoms with Crippen LogP contribution in [0.15, 0.2) is 11.4 Å². The van der Waals surface area contributed by atoms with Crippen LogP contribution >= 0.6 is 0 Å². The Morgan fingerprint density at radius 1 is 1.58 bits per heavy atom. The molecule has 6 nitrogen and oxygen atoms in total. The Balaban J connectivity index is 2.94. The normalized spacial score (nSPS) is 13.7. The van der Waals surface area contributed by atoms with Crippen molar-refractivity contribution in [3.05, 3.63) is 23.0 Å². The highest BCUT2D eigenvalue weighted by atomic mass is 16.5. The Hall–Kier alpha value is -1.82. The largest absolute Gasteiger partial charge is 0.496 e. The third-order valence-corrected chi connectivity index (χ3v) is 3.35. The second kappa shape index (κ2) is 6.38. The monoisotopic (exact) mass is 266 g/mol. The molecule has 1 aromatic heterocycles. The summed E-state index contributed by atoms with van der Waals surface area (Å²) in [5.41, 5.74) is 8.55. The van der Waals surface area contributed by atoms with E-state index < -0.39 is 0 Å². The van der Waals surface area contributed by atoms with Crippen molar-refractivity contribution in [2.24, 2.45) is 10.9 Å². The number of rotatable bonds is 5. The summed E-state index contributed by atoms with van der Waals surface area (Å²) in [5.74, 6) is 1.04. The number of amidine groups is 1. The fourth-order valence-electron chi connectivity index (χ4n) is 1.91. The zero-order chi connectivity index (χ0) is 14.6. The molecule has 3 N–H and O–H groups in total. The lowest BCUT2D eigenvalue weighted by Gasteiger charge is -2.24. The molecule has 19 heavy (non-hydrogen) atoms. The molecule has 6 heteroatoms. The molecule has 1 heterocycles. The second-order valence-corrected chi connectivity index (χ2v) is 4.66. The van der Waals surface area contributed by atoms with Crippen molar-refractivity contribution in [2.75, 3.05) is 14.2 Å². The summed E-state index contributed by atoms with van der Waals surface area (Å²) in [6.07, 6.45) is 1.79. The Morgan fingerprint density at radius 3 is 2.74 bits per heavy atom. The number of oxime groups is 1. The lowest BCUT2D eigenvalue weighted by atomic mass is 10.1. The molecule has 1 atom stereocenters. The average Bonchev–Trinajstić information content (AvgIpc) is 2.40. The number of likely N-dealkylation sites (N-methyl/N-ethyl adjacent to an activating group) is 1. The van der Waals surface area contributed by atoms with Crippen LogP contribution in [0.4, 0.5) is 0 Å². The van der Waals surface area contributed by atoms with E-state index in [-0.39, 0.29) is 11.9 Å². The van der Waals surface area contributed by atoms with Crippen LogP contribution in [0.1, 0.15) is 23.7 Å². The molecule has 1 unspecified atom stereocenters. The van der Waals surface area contributed by atoms with E-state index in [9.17, 15) is 0 Å². The summed E-state index contributed by atoms with van der Waals surface area (Å²) in [4.78, 5) is 6.39. The van der Waals surface area contributed by atoms with Crippen LogP contribution in [0, 0.1) is 13.8 Å². The molecule has 0 aliphatic heterocycles. The Kier molecular flexibility index (Phi) is 5.11. The van der Waals surface area contributed by atoms with Gasteiger partial charge in [0, 0.05) is 23.9 Å². The molecule has 0 aliphatic carbocycles. The van der Waals surface area contributed by atoms with E-state index in [1.807, 2.05) is 32.7 Å². The lowest BCUT2D eigenvalue weighted by molar-refractivity contribution is 0.276. The molecule has 1 rings (SSSR count). The third kappa shape index (κ3) is 3.35. The zero-order valence-corrected chi connectivity index (χ0v) is 12.1. The van der Waals surface area contributed by atoms with Crippen molar-refractivity contribution in [2.45, 2.75) is 33.4 Å². The Morgan fingerprint density at radius 2 is 2.21 bits per heavy atom. The van der Waals surface area contributed by atoms with Gasteiger partial charge in [-0.25, -0.2) is 0 Å². The first-order chi connectivity index (χ1) is 8.92. The molecule has 0 bridgehead atoms. The number of methoxy groups -OCH3 is 1. The maximum Gasteiger partial charge on any atom is 0.156 e. The fourth-order valence-corrected chi connectivity index (χ4v) is 1.91. The summed E-state index contributed by atoms with van der Waals surface area (Å²) in [5, 5.41) is 11.7.